The van der Waals surface area contributed by atoms with Gasteiger partial charge < -0.3 is 5.32 Å². The fourth-order valence-electron chi connectivity index (χ4n) is 3.40. The normalized spacial score (nSPS) is 19.0. The van der Waals surface area contributed by atoms with Crippen LogP contribution in [0.1, 0.15) is 26.7 Å². The number of urea groups is 1. The molecule has 2 aliphatic heterocycles. The minimum atomic E-state index is -0.777. The highest BCUT2D eigenvalue weighted by molar-refractivity contribution is 6.44. The number of imide groups is 2. The first-order valence-electron chi connectivity index (χ1n) is 9.48. The zero-order valence-electron chi connectivity index (χ0n) is 16.1. The number of carbonyl (C=O) groups excluding carboxylic acids is 4. The fourth-order valence-corrected chi connectivity index (χ4v) is 3.40. The van der Waals surface area contributed by atoms with Gasteiger partial charge in [0.2, 0.25) is 5.91 Å². The Hall–Kier alpha value is -2.81. The van der Waals surface area contributed by atoms with Crippen LogP contribution >= 0.6 is 0 Å². The topological polar surface area (TPSA) is 103 Å². The maximum atomic E-state index is 12.4. The maximum Gasteiger partial charge on any atom is 0.335 e. The molecule has 3 rings (SSSR count). The summed E-state index contributed by atoms with van der Waals surface area (Å²) in [5.41, 5.74) is 0. The van der Waals surface area contributed by atoms with E-state index in [-0.39, 0.29) is 31.0 Å². The van der Waals surface area contributed by atoms with Gasteiger partial charge in [-0.15, -0.1) is 0 Å². The second-order valence-corrected chi connectivity index (χ2v) is 7.56. The van der Waals surface area contributed by atoms with Gasteiger partial charge in [-0.3, -0.25) is 24.2 Å². The van der Waals surface area contributed by atoms with E-state index in [2.05, 4.69) is 10.3 Å². The van der Waals surface area contributed by atoms with Gasteiger partial charge in [-0.1, -0.05) is 19.9 Å². The molecule has 0 aromatic carbocycles. The monoisotopic (exact) mass is 387 g/mol. The summed E-state index contributed by atoms with van der Waals surface area (Å²) in [6.07, 6.45) is 2.84. The van der Waals surface area contributed by atoms with Crippen LogP contribution in [0.5, 0.6) is 0 Å². The second-order valence-electron chi connectivity index (χ2n) is 7.56. The van der Waals surface area contributed by atoms with E-state index in [1.165, 1.54) is 0 Å². The standard InChI is InChI=1S/C19H25N5O4/c1-13(2)11-23-17(26)18(27)24(19(23)28)12-22-9-6-14(7-10-22)16(25)21-15-5-3-4-8-20-15/h3-5,8,13-14H,6-7,9-12H2,1-2H3,(H,20,21,25). The number of piperidine rings is 1. The summed E-state index contributed by atoms with van der Waals surface area (Å²) in [6, 6.07) is 4.76. The molecule has 1 N–H and O–H groups in total. The van der Waals surface area contributed by atoms with Crippen molar-refractivity contribution in [2.45, 2.75) is 26.7 Å². The molecule has 9 nitrogen and oxygen atoms in total. The third-order valence-electron chi connectivity index (χ3n) is 4.90. The van der Waals surface area contributed by atoms with Crippen molar-refractivity contribution in [3.05, 3.63) is 24.4 Å². The van der Waals surface area contributed by atoms with E-state index < -0.39 is 17.8 Å². The van der Waals surface area contributed by atoms with E-state index in [0.717, 1.165) is 9.80 Å². The van der Waals surface area contributed by atoms with Crippen molar-refractivity contribution in [1.29, 1.82) is 0 Å². The Labute approximate surface area is 163 Å². The Balaban J connectivity index is 1.51. The third kappa shape index (κ3) is 4.36. The summed E-state index contributed by atoms with van der Waals surface area (Å²) < 4.78 is 0. The molecule has 0 aliphatic carbocycles. The number of nitrogens with zero attached hydrogens (tertiary/aromatic N) is 4. The molecule has 0 atom stereocenters. The molecule has 2 aliphatic rings. The number of amides is 5. The molecule has 2 fully saturated rings. The summed E-state index contributed by atoms with van der Waals surface area (Å²) in [5, 5.41) is 2.80. The molecule has 1 aromatic rings. The van der Waals surface area contributed by atoms with E-state index in [1.54, 1.807) is 24.4 Å². The number of aromatic nitrogens is 1. The lowest BCUT2D eigenvalue weighted by Gasteiger charge is -2.32. The van der Waals surface area contributed by atoms with Crippen LogP contribution in [0.2, 0.25) is 0 Å². The Morgan fingerprint density at radius 3 is 2.43 bits per heavy atom. The average molecular weight is 387 g/mol. The molecule has 0 unspecified atom stereocenters. The lowest BCUT2D eigenvalue weighted by molar-refractivity contribution is -0.144. The van der Waals surface area contributed by atoms with Gasteiger partial charge in [0, 0.05) is 31.7 Å². The zero-order valence-corrected chi connectivity index (χ0v) is 16.1. The summed E-state index contributed by atoms with van der Waals surface area (Å²) in [5.74, 6) is -1.16. The minimum absolute atomic E-state index is 0.0760. The first-order chi connectivity index (χ1) is 13.4. The quantitative estimate of drug-likeness (QED) is 0.580. The first-order valence-corrected chi connectivity index (χ1v) is 9.48. The largest absolute Gasteiger partial charge is 0.335 e. The highest BCUT2D eigenvalue weighted by Gasteiger charge is 2.45. The summed E-state index contributed by atoms with van der Waals surface area (Å²) in [7, 11) is 0. The van der Waals surface area contributed by atoms with Crippen LogP contribution in [0.3, 0.4) is 0 Å². The van der Waals surface area contributed by atoms with Crippen LogP contribution < -0.4 is 5.32 Å². The zero-order chi connectivity index (χ0) is 20.3. The van der Waals surface area contributed by atoms with E-state index in [1.807, 2.05) is 18.7 Å². The molecule has 0 saturated carbocycles. The predicted molar refractivity (Wildman–Crippen MR) is 101 cm³/mol. The Morgan fingerprint density at radius 2 is 1.82 bits per heavy atom. The maximum absolute atomic E-state index is 12.4. The third-order valence-corrected chi connectivity index (χ3v) is 4.90. The van der Waals surface area contributed by atoms with Crippen molar-refractivity contribution in [3.63, 3.8) is 0 Å². The summed E-state index contributed by atoms with van der Waals surface area (Å²) >= 11 is 0. The molecule has 5 amide bonds. The molecular formula is C19H25N5O4. The number of anilines is 1. The van der Waals surface area contributed by atoms with Crippen molar-refractivity contribution >= 4 is 29.6 Å². The molecule has 1 aromatic heterocycles. The SMILES string of the molecule is CC(C)CN1C(=O)C(=O)N(CN2CCC(C(=O)Nc3ccccn3)CC2)C1=O. The van der Waals surface area contributed by atoms with Gasteiger partial charge >= 0.3 is 17.8 Å². The molecule has 150 valence electrons. The lowest BCUT2D eigenvalue weighted by atomic mass is 9.96. The van der Waals surface area contributed by atoms with Gasteiger partial charge in [0.1, 0.15) is 5.82 Å². The van der Waals surface area contributed by atoms with Gasteiger partial charge in [0.15, 0.2) is 0 Å². The number of hydrogen-bond acceptors (Lipinski definition) is 6. The van der Waals surface area contributed by atoms with E-state index in [4.69, 9.17) is 0 Å². The number of carbonyl (C=O) groups is 4. The number of pyridine rings is 1. The van der Waals surface area contributed by atoms with E-state index in [9.17, 15) is 19.2 Å². The van der Waals surface area contributed by atoms with Crippen LogP contribution in [0, 0.1) is 11.8 Å². The average Bonchev–Trinajstić information content (AvgIpc) is 2.87. The van der Waals surface area contributed by atoms with Gasteiger partial charge in [-0.25, -0.2) is 14.7 Å². The molecule has 0 bridgehead atoms. The van der Waals surface area contributed by atoms with Crippen LogP contribution in [0.15, 0.2) is 24.4 Å². The molecule has 0 radical (unpaired) electrons. The van der Waals surface area contributed by atoms with Crippen molar-refractivity contribution in [2.75, 3.05) is 31.6 Å². The Kier molecular flexibility index (Phi) is 6.03. The Bertz CT molecular complexity index is 759. The highest BCUT2D eigenvalue weighted by Crippen LogP contribution is 2.21. The van der Waals surface area contributed by atoms with Crippen molar-refractivity contribution in [1.82, 2.24) is 19.7 Å². The smallest absolute Gasteiger partial charge is 0.310 e. The van der Waals surface area contributed by atoms with E-state index in [0.29, 0.717) is 31.7 Å². The number of rotatable bonds is 6. The first kappa shape index (κ1) is 19.9. The summed E-state index contributed by atoms with van der Waals surface area (Å²) in [4.78, 5) is 57.0. The Morgan fingerprint density at radius 1 is 1.14 bits per heavy atom. The van der Waals surface area contributed by atoms with Gasteiger partial charge in [0.05, 0.1) is 6.67 Å². The number of likely N-dealkylation sites (tertiary alicyclic amines) is 1. The fraction of sp³-hybridized carbons (Fsp3) is 0.526. The second kappa shape index (κ2) is 8.47. The molecule has 28 heavy (non-hydrogen) atoms. The summed E-state index contributed by atoms with van der Waals surface area (Å²) in [6.45, 7) is 5.21. The van der Waals surface area contributed by atoms with Gasteiger partial charge in [-0.05, 0) is 30.9 Å². The molecular weight excluding hydrogens is 362 g/mol. The van der Waals surface area contributed by atoms with Crippen LogP contribution in [0.4, 0.5) is 10.6 Å². The molecule has 3 heterocycles. The number of nitrogens with one attached hydrogen (secondary N) is 1. The van der Waals surface area contributed by atoms with Crippen LogP contribution in [-0.4, -0.2) is 69.7 Å². The van der Waals surface area contributed by atoms with Crippen LogP contribution in [0.25, 0.3) is 0 Å². The van der Waals surface area contributed by atoms with Crippen LogP contribution in [-0.2, 0) is 14.4 Å². The minimum Gasteiger partial charge on any atom is -0.310 e. The lowest BCUT2D eigenvalue weighted by Crippen LogP contribution is -2.46. The van der Waals surface area contributed by atoms with Crippen molar-refractivity contribution in [3.8, 4) is 0 Å². The van der Waals surface area contributed by atoms with E-state index >= 15 is 0 Å². The van der Waals surface area contributed by atoms with Gasteiger partial charge in [-0.2, -0.15) is 0 Å². The molecule has 2 saturated heterocycles. The van der Waals surface area contributed by atoms with Crippen molar-refractivity contribution < 1.29 is 19.2 Å². The van der Waals surface area contributed by atoms with Gasteiger partial charge in [0.25, 0.3) is 0 Å². The van der Waals surface area contributed by atoms with Crippen molar-refractivity contribution in [2.24, 2.45) is 11.8 Å². The highest BCUT2D eigenvalue weighted by atomic mass is 16.2. The number of hydrogen-bond donors (Lipinski definition) is 1. The molecule has 9 heteroatoms. The molecule has 0 spiro atoms. The predicted octanol–water partition coefficient (Wildman–Crippen LogP) is 1.14.